The van der Waals surface area contributed by atoms with Crippen molar-refractivity contribution in [3.63, 3.8) is 0 Å². The first-order valence-corrected chi connectivity index (χ1v) is 9.82. The predicted octanol–water partition coefficient (Wildman–Crippen LogP) is 6.35. The predicted molar refractivity (Wildman–Crippen MR) is 120 cm³/mol. The molecule has 2 aromatic heterocycles. The normalized spacial score (nSPS) is 10.7. The number of rotatable bonds is 5. The monoisotopic (exact) mass is 456 g/mol. The highest BCUT2D eigenvalue weighted by Crippen LogP contribution is 2.31. The zero-order chi connectivity index (χ0) is 22.0. The molecule has 0 spiro atoms. The molecule has 0 aliphatic carbocycles. The molecule has 0 saturated heterocycles. The van der Waals surface area contributed by atoms with Gasteiger partial charge in [0.15, 0.2) is 0 Å². The van der Waals surface area contributed by atoms with Crippen LogP contribution in [0.1, 0.15) is 10.4 Å². The number of nitrogens with zero attached hydrogens (tertiary/aromatic N) is 2. The minimum absolute atomic E-state index is 0.131. The van der Waals surface area contributed by atoms with Crippen LogP contribution in [0.15, 0.2) is 60.9 Å². The summed E-state index contributed by atoms with van der Waals surface area (Å²) in [5.74, 6) is -0.393. The summed E-state index contributed by atoms with van der Waals surface area (Å²) in [4.78, 5) is 21.0. The Balaban J connectivity index is 1.72. The summed E-state index contributed by atoms with van der Waals surface area (Å²) in [6.45, 7) is 0. The zero-order valence-corrected chi connectivity index (χ0v) is 17.6. The first kappa shape index (κ1) is 20.8. The molecule has 2 N–H and O–H groups in total. The molecular formula is C22H15Cl2FN4O2. The maximum atomic E-state index is 13.6. The fourth-order valence-electron chi connectivity index (χ4n) is 3.02. The second-order valence-corrected chi connectivity index (χ2v) is 7.29. The second-order valence-electron chi connectivity index (χ2n) is 6.48. The summed E-state index contributed by atoms with van der Waals surface area (Å²) in [6, 6.07) is 12.7. The van der Waals surface area contributed by atoms with Gasteiger partial charge < -0.3 is 15.4 Å². The van der Waals surface area contributed by atoms with Gasteiger partial charge in [-0.05, 0) is 36.4 Å². The molecule has 0 radical (unpaired) electrons. The lowest BCUT2D eigenvalue weighted by Crippen LogP contribution is -2.09. The second kappa shape index (κ2) is 8.75. The fraction of sp³-hybridized carbons (Fsp3) is 0.0455. The van der Waals surface area contributed by atoms with Gasteiger partial charge in [-0.2, -0.15) is 0 Å². The number of carbonyl (C=O) groups excluding carboxylic acids is 1. The molecule has 6 nitrogen and oxygen atoms in total. The number of fused-ring (bicyclic) bond motifs is 1. The Hall–Kier alpha value is -3.42. The van der Waals surface area contributed by atoms with E-state index in [1.54, 1.807) is 18.3 Å². The number of ether oxygens (including phenoxy) is 1. The van der Waals surface area contributed by atoms with Crippen molar-refractivity contribution in [2.75, 3.05) is 17.7 Å². The summed E-state index contributed by atoms with van der Waals surface area (Å²) in [5.41, 5.74) is 0.896. The molecule has 0 amide bonds. The smallest absolute Gasteiger partial charge is 0.341 e. The molecule has 156 valence electrons. The van der Waals surface area contributed by atoms with Crippen LogP contribution in [0, 0.1) is 5.82 Å². The number of pyridine rings is 2. The van der Waals surface area contributed by atoms with E-state index in [2.05, 4.69) is 20.6 Å². The standard InChI is InChI=1S/C22H15Cl2FN4O2/c1-31-22(30)16-10-13(11-27-21(16)29-19-9-12(25)5-6-18(19)24)28-20-15-3-2-4-17(23)14(15)7-8-26-20/h2-11H,1H3,(H,26,28)(H,27,29). The third-order valence-electron chi connectivity index (χ3n) is 4.49. The van der Waals surface area contributed by atoms with E-state index in [1.165, 1.54) is 31.5 Å². The number of anilines is 4. The third kappa shape index (κ3) is 4.38. The van der Waals surface area contributed by atoms with Crippen LogP contribution in [0.25, 0.3) is 10.8 Å². The minimum Gasteiger partial charge on any atom is -0.465 e. The van der Waals surface area contributed by atoms with Crippen molar-refractivity contribution in [3.8, 4) is 0 Å². The molecule has 0 fully saturated rings. The van der Waals surface area contributed by atoms with Crippen molar-refractivity contribution in [2.24, 2.45) is 0 Å². The Bertz CT molecular complexity index is 1300. The maximum Gasteiger partial charge on any atom is 0.341 e. The highest BCUT2D eigenvalue weighted by Gasteiger charge is 2.17. The van der Waals surface area contributed by atoms with Crippen molar-refractivity contribution in [1.82, 2.24) is 9.97 Å². The number of nitrogens with one attached hydrogen (secondary N) is 2. The molecule has 2 heterocycles. The first-order valence-electron chi connectivity index (χ1n) is 9.07. The maximum absolute atomic E-state index is 13.6. The number of hydrogen-bond donors (Lipinski definition) is 2. The van der Waals surface area contributed by atoms with E-state index >= 15 is 0 Å². The fourth-order valence-corrected chi connectivity index (χ4v) is 3.43. The molecule has 0 saturated carbocycles. The van der Waals surface area contributed by atoms with Gasteiger partial charge in [0.05, 0.1) is 29.7 Å². The van der Waals surface area contributed by atoms with Crippen molar-refractivity contribution < 1.29 is 13.9 Å². The van der Waals surface area contributed by atoms with E-state index < -0.39 is 11.8 Å². The van der Waals surface area contributed by atoms with Gasteiger partial charge in [0, 0.05) is 22.0 Å². The number of hydrogen-bond acceptors (Lipinski definition) is 6. The van der Waals surface area contributed by atoms with Crippen LogP contribution in [0.3, 0.4) is 0 Å². The molecule has 0 aliphatic rings. The minimum atomic E-state index is -0.625. The van der Waals surface area contributed by atoms with E-state index in [0.717, 1.165) is 10.8 Å². The average Bonchev–Trinajstić information content (AvgIpc) is 2.77. The molecule has 4 rings (SSSR count). The van der Waals surface area contributed by atoms with Crippen molar-refractivity contribution >= 4 is 63.0 Å². The summed E-state index contributed by atoms with van der Waals surface area (Å²) in [6.07, 6.45) is 3.14. The van der Waals surface area contributed by atoms with Crippen molar-refractivity contribution in [3.05, 3.63) is 82.4 Å². The SMILES string of the molecule is COC(=O)c1cc(Nc2nccc3c(Cl)cccc23)cnc1Nc1cc(F)ccc1Cl. The Morgan fingerprint density at radius 1 is 0.968 bits per heavy atom. The largest absolute Gasteiger partial charge is 0.465 e. The van der Waals surface area contributed by atoms with E-state index in [4.69, 9.17) is 27.9 Å². The van der Waals surface area contributed by atoms with Gasteiger partial charge in [-0.25, -0.2) is 19.2 Å². The summed E-state index contributed by atoms with van der Waals surface area (Å²) in [7, 11) is 1.26. The molecule has 9 heteroatoms. The number of esters is 1. The van der Waals surface area contributed by atoms with Crippen LogP contribution < -0.4 is 10.6 Å². The number of benzene rings is 2. The van der Waals surface area contributed by atoms with Gasteiger partial charge in [0.2, 0.25) is 0 Å². The molecule has 2 aromatic carbocycles. The van der Waals surface area contributed by atoms with Crippen LogP contribution in [0.2, 0.25) is 10.0 Å². The number of halogens is 3. The average molecular weight is 457 g/mol. The molecule has 0 atom stereocenters. The lowest BCUT2D eigenvalue weighted by atomic mass is 10.1. The first-order chi connectivity index (χ1) is 15.0. The number of carbonyl (C=O) groups is 1. The quantitative estimate of drug-likeness (QED) is 0.340. The van der Waals surface area contributed by atoms with E-state index in [1.807, 2.05) is 18.2 Å². The van der Waals surface area contributed by atoms with Crippen molar-refractivity contribution in [2.45, 2.75) is 0 Å². The van der Waals surface area contributed by atoms with Crippen LogP contribution in [0.4, 0.5) is 27.4 Å². The molecule has 0 bridgehead atoms. The van der Waals surface area contributed by atoms with Crippen LogP contribution in [-0.4, -0.2) is 23.0 Å². The highest BCUT2D eigenvalue weighted by atomic mass is 35.5. The molecule has 31 heavy (non-hydrogen) atoms. The van der Waals surface area contributed by atoms with Crippen LogP contribution in [0.5, 0.6) is 0 Å². The van der Waals surface area contributed by atoms with Gasteiger partial charge in [-0.1, -0.05) is 35.3 Å². The highest BCUT2D eigenvalue weighted by molar-refractivity contribution is 6.35. The summed E-state index contributed by atoms with van der Waals surface area (Å²) < 4.78 is 18.5. The van der Waals surface area contributed by atoms with E-state index in [0.29, 0.717) is 16.5 Å². The van der Waals surface area contributed by atoms with Gasteiger partial charge in [-0.3, -0.25) is 0 Å². The lowest BCUT2D eigenvalue weighted by molar-refractivity contribution is 0.0601. The van der Waals surface area contributed by atoms with Gasteiger partial charge in [0.25, 0.3) is 0 Å². The Kier molecular flexibility index (Phi) is 5.88. The van der Waals surface area contributed by atoms with Gasteiger partial charge >= 0.3 is 5.97 Å². The topological polar surface area (TPSA) is 76.1 Å². The van der Waals surface area contributed by atoms with E-state index in [-0.39, 0.29) is 22.1 Å². The van der Waals surface area contributed by atoms with Crippen LogP contribution in [-0.2, 0) is 4.74 Å². The summed E-state index contributed by atoms with van der Waals surface area (Å²) >= 11 is 12.4. The molecular weight excluding hydrogens is 442 g/mol. The van der Waals surface area contributed by atoms with Gasteiger partial charge in [-0.15, -0.1) is 0 Å². The van der Waals surface area contributed by atoms with Crippen LogP contribution >= 0.6 is 23.2 Å². The Morgan fingerprint density at radius 3 is 2.61 bits per heavy atom. The number of methoxy groups -OCH3 is 1. The van der Waals surface area contributed by atoms with E-state index in [9.17, 15) is 9.18 Å². The molecule has 0 unspecified atom stereocenters. The Labute approximate surface area is 187 Å². The third-order valence-corrected chi connectivity index (χ3v) is 5.15. The lowest BCUT2D eigenvalue weighted by Gasteiger charge is -2.14. The van der Waals surface area contributed by atoms with Crippen molar-refractivity contribution in [1.29, 1.82) is 0 Å². The summed E-state index contributed by atoms with van der Waals surface area (Å²) in [5, 5.41) is 8.55. The van der Waals surface area contributed by atoms with Gasteiger partial charge in [0.1, 0.15) is 23.0 Å². The number of aromatic nitrogens is 2. The Morgan fingerprint density at radius 2 is 1.81 bits per heavy atom. The molecule has 4 aromatic rings. The molecule has 0 aliphatic heterocycles. The zero-order valence-electron chi connectivity index (χ0n) is 16.1.